The zero-order valence-electron chi connectivity index (χ0n) is 14.9. The lowest BCUT2D eigenvalue weighted by molar-refractivity contribution is 0.391. The van der Waals surface area contributed by atoms with Gasteiger partial charge < -0.3 is 0 Å². The predicted octanol–water partition coefficient (Wildman–Crippen LogP) is 7.57. The van der Waals surface area contributed by atoms with Crippen molar-refractivity contribution >= 4 is 0 Å². The third kappa shape index (κ3) is 11.8. The smallest absolute Gasteiger partial charge is 0.0352 e. The molecule has 0 aromatic carbocycles. The number of hydrogen-bond donors (Lipinski definition) is 0. The van der Waals surface area contributed by atoms with Gasteiger partial charge in [-0.15, -0.1) is 0 Å². The van der Waals surface area contributed by atoms with E-state index in [1.807, 2.05) is 0 Å². The standard InChI is InChI=1S/C20H41/c1-5-9-12-13-16-20(15-11-7-3)18-17-19(8-4)14-10-6-2/h18-20H,5-17H2,1-4H3. The van der Waals surface area contributed by atoms with Gasteiger partial charge >= 0.3 is 0 Å². The first-order valence-electron chi connectivity index (χ1n) is 9.61. The molecule has 0 rings (SSSR count). The molecular weight excluding hydrogens is 240 g/mol. The summed E-state index contributed by atoms with van der Waals surface area (Å²) in [4.78, 5) is 0. The van der Waals surface area contributed by atoms with E-state index in [0.717, 1.165) is 11.8 Å². The maximum absolute atomic E-state index is 2.70. The van der Waals surface area contributed by atoms with Crippen LogP contribution in [0, 0.1) is 18.3 Å². The summed E-state index contributed by atoms with van der Waals surface area (Å²) in [7, 11) is 0. The van der Waals surface area contributed by atoms with E-state index < -0.39 is 0 Å². The van der Waals surface area contributed by atoms with E-state index >= 15 is 0 Å². The van der Waals surface area contributed by atoms with Crippen molar-refractivity contribution in [1.82, 2.24) is 0 Å². The fraction of sp³-hybridized carbons (Fsp3) is 0.950. The van der Waals surface area contributed by atoms with Crippen LogP contribution in [0.1, 0.15) is 111 Å². The molecule has 0 fully saturated rings. The van der Waals surface area contributed by atoms with Crippen molar-refractivity contribution in [3.8, 4) is 0 Å². The molecule has 0 saturated carbocycles. The van der Waals surface area contributed by atoms with Gasteiger partial charge in [0.15, 0.2) is 0 Å². The van der Waals surface area contributed by atoms with Crippen molar-refractivity contribution in [2.45, 2.75) is 111 Å². The Balaban J connectivity index is 3.92. The summed E-state index contributed by atoms with van der Waals surface area (Å²) in [5.41, 5.74) is 0. The van der Waals surface area contributed by atoms with E-state index in [1.54, 1.807) is 0 Å². The van der Waals surface area contributed by atoms with Gasteiger partial charge in [0.05, 0.1) is 0 Å². The van der Waals surface area contributed by atoms with Crippen LogP contribution in [0.3, 0.4) is 0 Å². The highest BCUT2D eigenvalue weighted by atomic mass is 14.2. The lowest BCUT2D eigenvalue weighted by atomic mass is 9.86. The highest BCUT2D eigenvalue weighted by molar-refractivity contribution is 4.79. The largest absolute Gasteiger partial charge is 0.0654 e. The molecule has 0 aromatic heterocycles. The van der Waals surface area contributed by atoms with Crippen LogP contribution in [0.15, 0.2) is 0 Å². The Bertz CT molecular complexity index is 173. The summed E-state index contributed by atoms with van der Waals surface area (Å²) < 4.78 is 0. The zero-order chi connectivity index (χ0) is 15.1. The molecule has 0 amide bonds. The van der Waals surface area contributed by atoms with Crippen LogP contribution in [0.25, 0.3) is 0 Å². The molecule has 121 valence electrons. The van der Waals surface area contributed by atoms with E-state index in [1.165, 1.54) is 83.5 Å². The molecule has 0 saturated heterocycles. The maximum Gasteiger partial charge on any atom is -0.0352 e. The molecule has 2 unspecified atom stereocenters. The Morgan fingerprint density at radius 1 is 0.650 bits per heavy atom. The molecule has 0 bridgehead atoms. The molecule has 0 aromatic rings. The van der Waals surface area contributed by atoms with Gasteiger partial charge in [-0.2, -0.15) is 0 Å². The molecule has 2 atom stereocenters. The summed E-state index contributed by atoms with van der Waals surface area (Å²) in [5.74, 6) is 1.86. The average Bonchev–Trinajstić information content (AvgIpc) is 2.48. The highest BCUT2D eigenvalue weighted by Crippen LogP contribution is 2.26. The van der Waals surface area contributed by atoms with Crippen molar-refractivity contribution in [3.63, 3.8) is 0 Å². The molecule has 0 spiro atoms. The normalized spacial score (nSPS) is 14.4. The van der Waals surface area contributed by atoms with Crippen LogP contribution in [0.4, 0.5) is 0 Å². The Morgan fingerprint density at radius 3 is 1.85 bits per heavy atom. The van der Waals surface area contributed by atoms with Gasteiger partial charge in [0, 0.05) is 0 Å². The first-order chi connectivity index (χ1) is 9.78. The second kappa shape index (κ2) is 15.4. The number of hydrogen-bond acceptors (Lipinski definition) is 0. The minimum Gasteiger partial charge on any atom is -0.0654 e. The van der Waals surface area contributed by atoms with E-state index in [2.05, 4.69) is 34.1 Å². The van der Waals surface area contributed by atoms with E-state index in [-0.39, 0.29) is 0 Å². The first kappa shape index (κ1) is 20.0. The van der Waals surface area contributed by atoms with Crippen LogP contribution < -0.4 is 0 Å². The van der Waals surface area contributed by atoms with Gasteiger partial charge in [-0.1, -0.05) is 105 Å². The first-order valence-corrected chi connectivity index (χ1v) is 9.61. The Labute approximate surface area is 130 Å². The molecule has 0 aliphatic carbocycles. The highest BCUT2D eigenvalue weighted by Gasteiger charge is 2.12. The number of unbranched alkanes of at least 4 members (excludes halogenated alkanes) is 5. The molecule has 0 aliphatic rings. The maximum atomic E-state index is 2.70. The van der Waals surface area contributed by atoms with Crippen LogP contribution in [0.5, 0.6) is 0 Å². The van der Waals surface area contributed by atoms with Gasteiger partial charge in [0.1, 0.15) is 0 Å². The van der Waals surface area contributed by atoms with Crippen molar-refractivity contribution in [3.05, 3.63) is 6.42 Å². The van der Waals surface area contributed by atoms with Crippen molar-refractivity contribution < 1.29 is 0 Å². The second-order valence-corrected chi connectivity index (χ2v) is 6.64. The zero-order valence-corrected chi connectivity index (χ0v) is 14.9. The summed E-state index contributed by atoms with van der Waals surface area (Å²) >= 11 is 0. The average molecular weight is 282 g/mol. The molecule has 0 heteroatoms. The van der Waals surface area contributed by atoms with E-state index in [9.17, 15) is 0 Å². The topological polar surface area (TPSA) is 0 Å². The third-order valence-corrected chi connectivity index (χ3v) is 4.70. The van der Waals surface area contributed by atoms with Crippen molar-refractivity contribution in [2.75, 3.05) is 0 Å². The molecule has 20 heavy (non-hydrogen) atoms. The molecule has 0 N–H and O–H groups in total. The van der Waals surface area contributed by atoms with Gasteiger partial charge in [-0.25, -0.2) is 0 Å². The van der Waals surface area contributed by atoms with E-state index in [0.29, 0.717) is 0 Å². The SMILES string of the molecule is CCCCCCC([CH]CC(CC)CCCC)CCCC. The minimum absolute atomic E-state index is 0.905. The molecule has 0 heterocycles. The van der Waals surface area contributed by atoms with Crippen LogP contribution in [-0.4, -0.2) is 0 Å². The van der Waals surface area contributed by atoms with Crippen molar-refractivity contribution in [1.29, 1.82) is 0 Å². The quantitative estimate of drug-likeness (QED) is 0.271. The third-order valence-electron chi connectivity index (χ3n) is 4.70. The summed E-state index contributed by atoms with van der Waals surface area (Å²) in [6, 6.07) is 0. The van der Waals surface area contributed by atoms with Crippen LogP contribution in [-0.2, 0) is 0 Å². The monoisotopic (exact) mass is 281 g/mol. The van der Waals surface area contributed by atoms with Gasteiger partial charge in [-0.05, 0) is 24.7 Å². The molecule has 0 nitrogen and oxygen atoms in total. The molecule has 0 aliphatic heterocycles. The summed E-state index contributed by atoms with van der Waals surface area (Å²) in [6.45, 7) is 9.31. The lowest BCUT2D eigenvalue weighted by Crippen LogP contribution is -2.07. The summed E-state index contributed by atoms with van der Waals surface area (Å²) in [6.07, 6.45) is 21.0. The van der Waals surface area contributed by atoms with Crippen LogP contribution in [0.2, 0.25) is 0 Å². The van der Waals surface area contributed by atoms with Gasteiger partial charge in [0.25, 0.3) is 0 Å². The number of rotatable bonds is 15. The predicted molar refractivity (Wildman–Crippen MR) is 94.0 cm³/mol. The van der Waals surface area contributed by atoms with Gasteiger partial charge in [0.2, 0.25) is 0 Å². The Morgan fingerprint density at radius 2 is 1.25 bits per heavy atom. The van der Waals surface area contributed by atoms with Gasteiger partial charge in [-0.3, -0.25) is 0 Å². The fourth-order valence-electron chi connectivity index (χ4n) is 3.05. The minimum atomic E-state index is 0.905. The Hall–Kier alpha value is 0. The fourth-order valence-corrected chi connectivity index (χ4v) is 3.05. The Kier molecular flexibility index (Phi) is 15.4. The molecular formula is C20H41. The lowest BCUT2D eigenvalue weighted by Gasteiger charge is -2.20. The summed E-state index contributed by atoms with van der Waals surface area (Å²) in [5, 5.41) is 0. The van der Waals surface area contributed by atoms with Crippen LogP contribution >= 0.6 is 0 Å². The van der Waals surface area contributed by atoms with Crippen molar-refractivity contribution in [2.24, 2.45) is 11.8 Å². The molecule has 1 radical (unpaired) electrons. The van der Waals surface area contributed by atoms with E-state index in [4.69, 9.17) is 0 Å². The second-order valence-electron chi connectivity index (χ2n) is 6.64.